The lowest BCUT2D eigenvalue weighted by atomic mass is 10.1. The monoisotopic (exact) mass is 342 g/mol. The number of fused-ring (bicyclic) bond motifs is 1. The van der Waals surface area contributed by atoms with Crippen molar-refractivity contribution < 1.29 is 14.4 Å². The van der Waals surface area contributed by atoms with Crippen LogP contribution in [0.2, 0.25) is 0 Å². The zero-order valence-electron chi connectivity index (χ0n) is 13.7. The van der Waals surface area contributed by atoms with E-state index in [0.717, 1.165) is 16.3 Å². The molecule has 1 aliphatic rings. The van der Waals surface area contributed by atoms with Crippen LogP contribution in [0.1, 0.15) is 31.1 Å². The van der Waals surface area contributed by atoms with Gasteiger partial charge in [-0.15, -0.1) is 0 Å². The predicted molar refractivity (Wildman–Crippen MR) is 99.1 cm³/mol. The van der Waals surface area contributed by atoms with Crippen LogP contribution in [0, 0.1) is 0 Å². The average molecular weight is 342 g/mol. The minimum atomic E-state index is -0.419. The van der Waals surface area contributed by atoms with E-state index in [-0.39, 0.29) is 11.5 Å². The number of anilines is 3. The quantitative estimate of drug-likeness (QED) is 0.574. The fourth-order valence-electron chi connectivity index (χ4n) is 2.95. The Balaban J connectivity index is 1.61. The van der Waals surface area contributed by atoms with Crippen LogP contribution < -0.4 is 10.2 Å². The molecule has 5 heteroatoms. The topological polar surface area (TPSA) is 66.5 Å². The van der Waals surface area contributed by atoms with E-state index in [2.05, 4.69) is 5.32 Å². The van der Waals surface area contributed by atoms with Crippen molar-refractivity contribution in [1.29, 1.82) is 0 Å². The molecule has 126 valence electrons. The van der Waals surface area contributed by atoms with E-state index in [0.29, 0.717) is 23.1 Å². The zero-order chi connectivity index (χ0) is 18.1. The first-order valence-corrected chi connectivity index (χ1v) is 8.07. The Bertz CT molecular complexity index is 1010. The third-order valence-electron chi connectivity index (χ3n) is 4.23. The van der Waals surface area contributed by atoms with Gasteiger partial charge in [0.2, 0.25) is 0 Å². The Morgan fingerprint density at radius 3 is 2.08 bits per heavy atom. The summed E-state index contributed by atoms with van der Waals surface area (Å²) in [6.45, 7) is 0. The third kappa shape index (κ3) is 2.65. The maximum Gasteiger partial charge on any atom is 0.266 e. The van der Waals surface area contributed by atoms with Crippen LogP contribution in [0.4, 0.5) is 17.1 Å². The summed E-state index contributed by atoms with van der Waals surface area (Å²) < 4.78 is 0. The molecule has 5 nitrogen and oxygen atoms in total. The first-order chi connectivity index (χ1) is 12.7. The molecule has 0 saturated carbocycles. The molecule has 0 spiro atoms. The molecule has 1 heterocycles. The summed E-state index contributed by atoms with van der Waals surface area (Å²) in [5.41, 5.74) is 3.22. The van der Waals surface area contributed by atoms with Gasteiger partial charge < -0.3 is 5.32 Å². The van der Waals surface area contributed by atoms with E-state index in [4.69, 9.17) is 0 Å². The highest BCUT2D eigenvalue weighted by Crippen LogP contribution is 2.30. The second-order valence-electron chi connectivity index (χ2n) is 5.91. The molecule has 0 unspecified atom stereocenters. The smallest absolute Gasteiger partial charge is 0.266 e. The van der Waals surface area contributed by atoms with E-state index >= 15 is 0 Å². The van der Waals surface area contributed by atoms with Gasteiger partial charge in [0, 0.05) is 16.9 Å². The summed E-state index contributed by atoms with van der Waals surface area (Å²) in [5.74, 6) is -0.802. The summed E-state index contributed by atoms with van der Waals surface area (Å²) in [4.78, 5) is 37.3. The summed E-state index contributed by atoms with van der Waals surface area (Å²) in [6, 6.07) is 21.3. The fourth-order valence-corrected chi connectivity index (χ4v) is 2.95. The maximum atomic E-state index is 12.6. The molecule has 0 fully saturated rings. The highest BCUT2D eigenvalue weighted by molar-refractivity contribution is 6.34. The van der Waals surface area contributed by atoms with Gasteiger partial charge in [-0.25, -0.2) is 4.90 Å². The van der Waals surface area contributed by atoms with Crippen LogP contribution in [0.15, 0.2) is 72.8 Å². The van der Waals surface area contributed by atoms with Crippen molar-refractivity contribution in [2.24, 2.45) is 0 Å². The molecule has 26 heavy (non-hydrogen) atoms. The number of carbonyl (C=O) groups excluding carboxylic acids is 3. The molecule has 4 rings (SSSR count). The molecule has 0 bridgehead atoms. The number of nitrogens with one attached hydrogen (secondary N) is 1. The molecule has 2 amide bonds. The molecule has 0 atom stereocenters. The number of para-hydroxylation sites is 1. The predicted octanol–water partition coefficient (Wildman–Crippen LogP) is 4.04. The van der Waals surface area contributed by atoms with Gasteiger partial charge in [-0.05, 0) is 48.5 Å². The van der Waals surface area contributed by atoms with Gasteiger partial charge in [0.1, 0.15) is 6.29 Å². The lowest BCUT2D eigenvalue weighted by Crippen LogP contribution is -2.29. The van der Waals surface area contributed by atoms with Gasteiger partial charge in [0.05, 0.1) is 16.8 Å². The molecular weight excluding hydrogens is 328 g/mol. The number of carbonyl (C=O) groups is 3. The van der Waals surface area contributed by atoms with Crippen LogP contribution >= 0.6 is 0 Å². The second kappa shape index (κ2) is 6.29. The lowest BCUT2D eigenvalue weighted by Gasteiger charge is -2.15. The Labute approximate surface area is 149 Å². The molecule has 0 aromatic heterocycles. The number of benzene rings is 3. The van der Waals surface area contributed by atoms with Crippen molar-refractivity contribution >= 4 is 35.2 Å². The van der Waals surface area contributed by atoms with Gasteiger partial charge in [-0.1, -0.05) is 24.3 Å². The fraction of sp³-hybridized carbons (Fsp3) is 0. The zero-order valence-corrected chi connectivity index (χ0v) is 13.7. The van der Waals surface area contributed by atoms with Crippen LogP contribution in [-0.2, 0) is 0 Å². The Morgan fingerprint density at radius 1 is 0.731 bits per heavy atom. The molecule has 1 N–H and O–H groups in total. The molecule has 0 aliphatic carbocycles. The van der Waals surface area contributed by atoms with Crippen molar-refractivity contribution in [3.05, 3.63) is 89.5 Å². The third-order valence-corrected chi connectivity index (χ3v) is 4.23. The number of rotatable bonds is 4. The Morgan fingerprint density at radius 2 is 1.38 bits per heavy atom. The van der Waals surface area contributed by atoms with E-state index in [1.807, 2.05) is 42.5 Å². The van der Waals surface area contributed by atoms with Gasteiger partial charge in [-0.2, -0.15) is 0 Å². The van der Waals surface area contributed by atoms with Crippen molar-refractivity contribution in [1.82, 2.24) is 0 Å². The highest BCUT2D eigenvalue weighted by Gasteiger charge is 2.36. The summed E-state index contributed by atoms with van der Waals surface area (Å²) in [6.07, 6.45) is 0.657. The van der Waals surface area contributed by atoms with Gasteiger partial charge in [0.15, 0.2) is 0 Å². The van der Waals surface area contributed by atoms with Crippen molar-refractivity contribution in [2.45, 2.75) is 0 Å². The van der Waals surface area contributed by atoms with Crippen LogP contribution in [0.5, 0.6) is 0 Å². The molecule has 3 aromatic rings. The van der Waals surface area contributed by atoms with Gasteiger partial charge >= 0.3 is 0 Å². The minimum Gasteiger partial charge on any atom is -0.356 e. The molecule has 1 aliphatic heterocycles. The normalized spacial score (nSPS) is 12.8. The van der Waals surface area contributed by atoms with Crippen LogP contribution in [-0.4, -0.2) is 18.1 Å². The van der Waals surface area contributed by atoms with Crippen molar-refractivity contribution in [2.75, 3.05) is 10.2 Å². The van der Waals surface area contributed by atoms with E-state index in [1.54, 1.807) is 12.1 Å². The molecule has 3 aromatic carbocycles. The SMILES string of the molecule is O=Cc1ccc2c(c1)C(=O)N(c1ccc(Nc3ccccc3)cc1)C2=O. The van der Waals surface area contributed by atoms with Crippen LogP contribution in [0.25, 0.3) is 0 Å². The average Bonchev–Trinajstić information content (AvgIpc) is 2.93. The number of amides is 2. The maximum absolute atomic E-state index is 12.6. The molecular formula is C21H14N2O3. The summed E-state index contributed by atoms with van der Waals surface area (Å²) in [7, 11) is 0. The van der Waals surface area contributed by atoms with Gasteiger partial charge in [-0.3, -0.25) is 14.4 Å². The van der Waals surface area contributed by atoms with Crippen molar-refractivity contribution in [3.8, 4) is 0 Å². The van der Waals surface area contributed by atoms with Gasteiger partial charge in [0.25, 0.3) is 11.8 Å². The summed E-state index contributed by atoms with van der Waals surface area (Å²) >= 11 is 0. The number of imide groups is 1. The minimum absolute atomic E-state index is 0.256. The van der Waals surface area contributed by atoms with Crippen molar-refractivity contribution in [3.63, 3.8) is 0 Å². The lowest BCUT2D eigenvalue weighted by molar-refractivity contribution is 0.0926. The van der Waals surface area contributed by atoms with E-state index in [9.17, 15) is 14.4 Å². The Hall–Kier alpha value is -3.73. The standard InChI is InChI=1S/C21H14N2O3/c24-13-14-6-11-18-19(12-14)21(26)23(20(18)25)17-9-7-16(8-10-17)22-15-4-2-1-3-5-15/h1-13,22H. The number of aldehydes is 1. The first-order valence-electron chi connectivity index (χ1n) is 8.07. The molecule has 0 radical (unpaired) electrons. The van der Waals surface area contributed by atoms with E-state index in [1.165, 1.54) is 18.2 Å². The largest absolute Gasteiger partial charge is 0.356 e. The number of hydrogen-bond acceptors (Lipinski definition) is 4. The Kier molecular flexibility index (Phi) is 3.82. The summed E-state index contributed by atoms with van der Waals surface area (Å²) in [5, 5.41) is 3.25. The second-order valence-corrected chi connectivity index (χ2v) is 5.91. The number of hydrogen-bond donors (Lipinski definition) is 1. The first kappa shape index (κ1) is 15.8. The molecule has 0 saturated heterocycles. The van der Waals surface area contributed by atoms with Crippen LogP contribution in [0.3, 0.4) is 0 Å². The highest BCUT2D eigenvalue weighted by atomic mass is 16.2. The number of nitrogens with zero attached hydrogens (tertiary/aromatic N) is 1. The van der Waals surface area contributed by atoms with E-state index < -0.39 is 5.91 Å².